The van der Waals surface area contributed by atoms with Gasteiger partial charge < -0.3 is 20.3 Å². The van der Waals surface area contributed by atoms with E-state index >= 15 is 0 Å². The number of esters is 1. The van der Waals surface area contributed by atoms with Crippen molar-refractivity contribution in [3.05, 3.63) is 60.8 Å². The highest BCUT2D eigenvalue weighted by atomic mass is 16.5. The topological polar surface area (TPSA) is 95.9 Å². The molecule has 0 rings (SSSR count). The minimum Gasteiger partial charge on any atom is -0.466 e. The molecule has 0 aliphatic carbocycles. The van der Waals surface area contributed by atoms with E-state index in [1.807, 2.05) is 6.08 Å². The Hall–Kier alpha value is -2.44. The van der Waals surface area contributed by atoms with Crippen molar-refractivity contribution < 1.29 is 24.5 Å². The first kappa shape index (κ1) is 77.6. The first-order valence-corrected chi connectivity index (χ1v) is 35.6. The molecule has 6 nitrogen and oxygen atoms in total. The van der Waals surface area contributed by atoms with Crippen LogP contribution in [0.15, 0.2) is 60.8 Å². The van der Waals surface area contributed by atoms with Crippen LogP contribution in [-0.2, 0) is 14.3 Å². The third-order valence-electron chi connectivity index (χ3n) is 16.3. The Morgan fingerprint density at radius 3 is 0.963 bits per heavy atom. The number of unbranched alkanes of at least 4 members (excludes halogenated alkanes) is 47. The van der Waals surface area contributed by atoms with Gasteiger partial charge in [-0.2, -0.15) is 0 Å². The van der Waals surface area contributed by atoms with Crippen molar-refractivity contribution in [2.75, 3.05) is 13.2 Å². The number of hydrogen-bond acceptors (Lipinski definition) is 5. The molecule has 1 amide bonds. The van der Waals surface area contributed by atoms with E-state index in [1.165, 1.54) is 289 Å². The number of hydrogen-bond donors (Lipinski definition) is 3. The van der Waals surface area contributed by atoms with Crippen molar-refractivity contribution in [3.8, 4) is 0 Å². The molecule has 0 aromatic rings. The summed E-state index contributed by atoms with van der Waals surface area (Å²) in [5.74, 6) is -0.0649. The van der Waals surface area contributed by atoms with Crippen LogP contribution in [-0.4, -0.2) is 47.4 Å². The minimum atomic E-state index is -0.843. The molecule has 0 heterocycles. The van der Waals surface area contributed by atoms with E-state index in [0.29, 0.717) is 19.4 Å². The Labute approximate surface area is 499 Å². The first-order chi connectivity index (χ1) is 39.5. The van der Waals surface area contributed by atoms with E-state index in [4.69, 9.17) is 4.74 Å². The molecule has 0 aliphatic heterocycles. The molecule has 80 heavy (non-hydrogen) atoms. The molecule has 0 radical (unpaired) electrons. The average Bonchev–Trinajstić information content (AvgIpc) is 3.46. The normalized spacial score (nSPS) is 12.9. The Morgan fingerprint density at radius 2 is 0.625 bits per heavy atom. The molecule has 2 unspecified atom stereocenters. The molecule has 6 heteroatoms. The van der Waals surface area contributed by atoms with Crippen LogP contribution in [0.1, 0.15) is 373 Å². The maximum atomic E-state index is 12.5. The molecule has 0 spiro atoms. The van der Waals surface area contributed by atoms with Gasteiger partial charge in [-0.15, -0.1) is 0 Å². The van der Waals surface area contributed by atoms with E-state index in [0.717, 1.165) is 57.8 Å². The van der Waals surface area contributed by atoms with E-state index < -0.39 is 12.1 Å². The van der Waals surface area contributed by atoms with E-state index in [2.05, 4.69) is 67.8 Å². The van der Waals surface area contributed by atoms with Gasteiger partial charge in [-0.05, 0) is 96.3 Å². The van der Waals surface area contributed by atoms with E-state index in [1.54, 1.807) is 6.08 Å². The summed E-state index contributed by atoms with van der Waals surface area (Å²) in [6.45, 7) is 4.89. The molecule has 468 valence electrons. The molecule has 2 atom stereocenters. The van der Waals surface area contributed by atoms with Gasteiger partial charge in [0.1, 0.15) is 0 Å². The summed E-state index contributed by atoms with van der Waals surface area (Å²) < 4.78 is 5.49. The summed E-state index contributed by atoms with van der Waals surface area (Å²) >= 11 is 0. The van der Waals surface area contributed by atoms with Gasteiger partial charge in [0.15, 0.2) is 0 Å². The lowest BCUT2D eigenvalue weighted by atomic mass is 10.0. The lowest BCUT2D eigenvalue weighted by Crippen LogP contribution is -2.45. The van der Waals surface area contributed by atoms with Crippen molar-refractivity contribution in [1.29, 1.82) is 0 Å². The van der Waals surface area contributed by atoms with Crippen molar-refractivity contribution >= 4 is 11.9 Å². The quantitative estimate of drug-likeness (QED) is 0.0320. The molecule has 3 N–H and O–H groups in total. The number of rotatable bonds is 66. The van der Waals surface area contributed by atoms with Crippen LogP contribution >= 0.6 is 0 Å². The third kappa shape index (κ3) is 64.7. The highest BCUT2D eigenvalue weighted by Gasteiger charge is 2.18. The van der Waals surface area contributed by atoms with Gasteiger partial charge >= 0.3 is 5.97 Å². The van der Waals surface area contributed by atoms with Gasteiger partial charge in [0, 0.05) is 12.8 Å². The Kier molecular flexibility index (Phi) is 66.9. The van der Waals surface area contributed by atoms with Gasteiger partial charge in [0.05, 0.1) is 25.4 Å². The Balaban J connectivity index is 3.40. The molecule has 0 aromatic heterocycles. The molecule has 0 aromatic carbocycles. The number of ether oxygens (including phenoxy) is 1. The van der Waals surface area contributed by atoms with Gasteiger partial charge in [0.2, 0.25) is 5.91 Å². The van der Waals surface area contributed by atoms with Crippen LogP contribution in [0.2, 0.25) is 0 Å². The standard InChI is InChI=1S/C74H137NO5/c1-3-5-7-9-11-13-15-17-19-40-44-48-52-56-60-64-68-74(79)80-69-65-61-57-53-49-45-41-38-36-34-32-30-28-26-24-22-20-21-23-25-27-29-31-33-35-37-39-43-47-51-55-59-63-67-73(78)75-71(70-76)72(77)66-62-58-54-50-46-42-18-16-14-12-10-8-6-4-2/h13,15,19,24,26,30,32,40,62,66,71-72,76-77H,3-12,14,16-18,20-23,25,27-29,31,33-39,41-61,63-65,67-70H2,1-2H3,(H,75,78)/b15-13-,26-24-,32-30-,40-19-,66-62+. The second-order valence-corrected chi connectivity index (χ2v) is 24.2. The highest BCUT2D eigenvalue weighted by Crippen LogP contribution is 2.18. The van der Waals surface area contributed by atoms with Gasteiger partial charge in [-0.25, -0.2) is 0 Å². The second kappa shape index (κ2) is 69.1. The number of aliphatic hydroxyl groups excluding tert-OH is 2. The van der Waals surface area contributed by atoms with Crippen LogP contribution < -0.4 is 5.32 Å². The molecule has 0 bridgehead atoms. The number of allylic oxidation sites excluding steroid dienone is 9. The first-order valence-electron chi connectivity index (χ1n) is 35.6. The largest absolute Gasteiger partial charge is 0.466 e. The molecule has 0 fully saturated rings. The maximum Gasteiger partial charge on any atom is 0.305 e. The number of carbonyl (C=O) groups is 2. The fraction of sp³-hybridized carbons (Fsp3) is 0.838. The fourth-order valence-corrected chi connectivity index (χ4v) is 10.8. The monoisotopic (exact) mass is 1120 g/mol. The molecular weight excluding hydrogens is 983 g/mol. The number of nitrogens with one attached hydrogen (secondary N) is 1. The van der Waals surface area contributed by atoms with E-state index in [9.17, 15) is 19.8 Å². The van der Waals surface area contributed by atoms with Crippen LogP contribution in [0.4, 0.5) is 0 Å². The average molecular weight is 1120 g/mol. The van der Waals surface area contributed by atoms with Gasteiger partial charge in [-0.1, -0.05) is 325 Å². The lowest BCUT2D eigenvalue weighted by molar-refractivity contribution is -0.143. The number of aliphatic hydroxyl groups is 2. The highest BCUT2D eigenvalue weighted by molar-refractivity contribution is 5.76. The van der Waals surface area contributed by atoms with Crippen LogP contribution in [0, 0.1) is 0 Å². The maximum absolute atomic E-state index is 12.5. The van der Waals surface area contributed by atoms with Crippen molar-refractivity contribution in [1.82, 2.24) is 5.32 Å². The predicted molar refractivity (Wildman–Crippen MR) is 352 cm³/mol. The zero-order valence-electron chi connectivity index (χ0n) is 53.6. The smallest absolute Gasteiger partial charge is 0.305 e. The molecule has 0 saturated carbocycles. The molecule has 0 aliphatic rings. The summed E-state index contributed by atoms with van der Waals surface area (Å²) in [6, 6.07) is -0.627. The number of carbonyl (C=O) groups excluding carboxylic acids is 2. The van der Waals surface area contributed by atoms with Gasteiger partial charge in [-0.3, -0.25) is 9.59 Å². The summed E-state index contributed by atoms with van der Waals surface area (Å²) in [5, 5.41) is 23.1. The zero-order valence-corrected chi connectivity index (χ0v) is 53.6. The fourth-order valence-electron chi connectivity index (χ4n) is 10.8. The predicted octanol–water partition coefficient (Wildman–Crippen LogP) is 23.0. The summed E-state index contributed by atoms with van der Waals surface area (Å²) in [4.78, 5) is 24.5. The third-order valence-corrected chi connectivity index (χ3v) is 16.3. The Bertz CT molecular complexity index is 1380. The van der Waals surface area contributed by atoms with Crippen molar-refractivity contribution in [2.24, 2.45) is 0 Å². The summed E-state index contributed by atoms with van der Waals surface area (Å²) in [6.07, 6.45) is 91.6. The minimum absolute atomic E-state index is 0.000235. The van der Waals surface area contributed by atoms with Crippen LogP contribution in [0.25, 0.3) is 0 Å². The Morgan fingerprint density at radius 1 is 0.350 bits per heavy atom. The van der Waals surface area contributed by atoms with Crippen LogP contribution in [0.5, 0.6) is 0 Å². The van der Waals surface area contributed by atoms with Crippen molar-refractivity contribution in [3.63, 3.8) is 0 Å². The van der Waals surface area contributed by atoms with Gasteiger partial charge in [0.25, 0.3) is 0 Å². The van der Waals surface area contributed by atoms with Crippen LogP contribution in [0.3, 0.4) is 0 Å². The van der Waals surface area contributed by atoms with Crippen molar-refractivity contribution in [2.45, 2.75) is 386 Å². The molecule has 0 saturated heterocycles. The summed E-state index contributed by atoms with van der Waals surface area (Å²) in [5.41, 5.74) is 0. The van der Waals surface area contributed by atoms with E-state index in [-0.39, 0.29) is 18.5 Å². The molecular formula is C74H137NO5. The second-order valence-electron chi connectivity index (χ2n) is 24.2. The summed E-state index contributed by atoms with van der Waals surface area (Å²) in [7, 11) is 0. The zero-order chi connectivity index (χ0) is 57.8. The lowest BCUT2D eigenvalue weighted by Gasteiger charge is -2.20. The SMILES string of the molecule is CCCCCC/C=C\C/C=C\CCCCCCCC(=O)OCCCCCCCCCCC/C=C\C/C=C\CCCCCCCCCCCCCCCCCCCC(=O)NC(CO)C(O)/C=C/CCCCCCCCCCCCCC. The number of amides is 1.